The largest absolute Gasteiger partial charge is 0.416 e. The average Bonchev–Trinajstić information content (AvgIpc) is 3.45. The number of aromatic nitrogens is 1. The van der Waals surface area contributed by atoms with E-state index in [1.807, 2.05) is 0 Å². The van der Waals surface area contributed by atoms with E-state index in [2.05, 4.69) is 20.9 Å². The van der Waals surface area contributed by atoms with Gasteiger partial charge in [-0.05, 0) is 42.7 Å². The van der Waals surface area contributed by atoms with Gasteiger partial charge in [-0.15, -0.1) is 11.3 Å². The van der Waals surface area contributed by atoms with E-state index in [1.165, 1.54) is 23.6 Å². The van der Waals surface area contributed by atoms with Crippen LogP contribution in [-0.4, -0.2) is 23.0 Å². The van der Waals surface area contributed by atoms with Crippen molar-refractivity contribution < 1.29 is 22.8 Å². The van der Waals surface area contributed by atoms with Gasteiger partial charge in [-0.25, -0.2) is 9.78 Å². The van der Waals surface area contributed by atoms with Crippen LogP contribution in [0.3, 0.4) is 0 Å². The van der Waals surface area contributed by atoms with Gasteiger partial charge < -0.3 is 10.6 Å². The van der Waals surface area contributed by atoms with Gasteiger partial charge in [0.1, 0.15) is 0 Å². The third-order valence-corrected chi connectivity index (χ3v) is 5.61. The molecule has 1 aromatic heterocycles. The fourth-order valence-electron chi connectivity index (χ4n) is 2.99. The minimum Gasteiger partial charge on any atom is -0.335 e. The molecule has 3 N–H and O–H groups in total. The summed E-state index contributed by atoms with van der Waals surface area (Å²) in [5.41, 5.74) is 0.626. The van der Waals surface area contributed by atoms with Gasteiger partial charge in [0.2, 0.25) is 0 Å². The zero-order chi connectivity index (χ0) is 22.7. The summed E-state index contributed by atoms with van der Waals surface area (Å²) in [6, 6.07) is 11.5. The summed E-state index contributed by atoms with van der Waals surface area (Å²) < 4.78 is 38.7. The summed E-state index contributed by atoms with van der Waals surface area (Å²) >= 11 is 1.19. The number of anilines is 2. The maximum atomic E-state index is 12.9. The zero-order valence-electron chi connectivity index (χ0n) is 16.7. The Morgan fingerprint density at radius 2 is 1.84 bits per heavy atom. The Kier molecular flexibility index (Phi) is 6.13. The van der Waals surface area contributed by atoms with Crippen LogP contribution in [0.1, 0.15) is 39.2 Å². The number of benzene rings is 2. The number of carbonyl (C=O) groups is 2. The lowest BCUT2D eigenvalue weighted by molar-refractivity contribution is -0.137. The lowest BCUT2D eigenvalue weighted by Gasteiger charge is -2.08. The van der Waals surface area contributed by atoms with E-state index >= 15 is 0 Å². The normalized spacial score (nSPS) is 13.5. The summed E-state index contributed by atoms with van der Waals surface area (Å²) in [4.78, 5) is 29.3. The standard InChI is InChI=1S/C22H19F3N4O2S/c23-22(24,25)15-5-1-3-13(9-15)10-18-12-26-21(32-18)29-19(30)14-4-2-6-17(11-14)28-20(31)27-16-7-8-16/h1-6,9,11-12,16H,7-8,10H2,(H,26,29,30)(H2,27,28,31). The molecule has 0 unspecified atom stereocenters. The lowest BCUT2D eigenvalue weighted by Crippen LogP contribution is -2.30. The summed E-state index contributed by atoms with van der Waals surface area (Å²) in [6.07, 6.45) is -0.655. The molecule has 3 amide bonds. The van der Waals surface area contributed by atoms with E-state index in [-0.39, 0.29) is 18.5 Å². The van der Waals surface area contributed by atoms with E-state index in [1.54, 1.807) is 30.3 Å². The highest BCUT2D eigenvalue weighted by Crippen LogP contribution is 2.30. The number of amides is 3. The van der Waals surface area contributed by atoms with Crippen LogP contribution in [0.25, 0.3) is 0 Å². The van der Waals surface area contributed by atoms with Crippen LogP contribution in [-0.2, 0) is 12.6 Å². The van der Waals surface area contributed by atoms with E-state index in [0.717, 1.165) is 25.0 Å². The second-order valence-electron chi connectivity index (χ2n) is 7.41. The number of hydrogen-bond acceptors (Lipinski definition) is 4. The summed E-state index contributed by atoms with van der Waals surface area (Å²) in [6.45, 7) is 0. The Morgan fingerprint density at radius 1 is 1.06 bits per heavy atom. The van der Waals surface area contributed by atoms with Crippen molar-refractivity contribution in [1.29, 1.82) is 0 Å². The van der Waals surface area contributed by atoms with Crippen molar-refractivity contribution >= 4 is 34.1 Å². The fraction of sp³-hybridized carbons (Fsp3) is 0.227. The SMILES string of the molecule is O=C(Nc1cccc(C(=O)Nc2ncc(Cc3cccc(C(F)(F)F)c3)s2)c1)NC1CC1. The maximum Gasteiger partial charge on any atom is 0.416 e. The van der Waals surface area contributed by atoms with Crippen LogP contribution in [0, 0.1) is 0 Å². The molecule has 6 nitrogen and oxygen atoms in total. The van der Waals surface area contributed by atoms with Gasteiger partial charge in [0.15, 0.2) is 5.13 Å². The van der Waals surface area contributed by atoms with Gasteiger partial charge in [0.25, 0.3) is 5.91 Å². The number of thiazole rings is 1. The van der Waals surface area contributed by atoms with Crippen molar-refractivity contribution in [2.75, 3.05) is 10.6 Å². The predicted octanol–water partition coefficient (Wildman–Crippen LogP) is 5.29. The molecule has 3 aromatic rings. The zero-order valence-corrected chi connectivity index (χ0v) is 17.5. The molecule has 0 bridgehead atoms. The highest BCUT2D eigenvalue weighted by Gasteiger charge is 2.30. The molecule has 1 fully saturated rings. The van der Waals surface area contributed by atoms with Gasteiger partial charge >= 0.3 is 12.2 Å². The van der Waals surface area contributed by atoms with Crippen molar-refractivity contribution in [3.63, 3.8) is 0 Å². The number of halogens is 3. The van der Waals surface area contributed by atoms with Crippen molar-refractivity contribution in [2.45, 2.75) is 31.5 Å². The molecule has 0 radical (unpaired) electrons. The first-order valence-electron chi connectivity index (χ1n) is 9.86. The summed E-state index contributed by atoms with van der Waals surface area (Å²) in [7, 11) is 0. The van der Waals surface area contributed by atoms with Crippen LogP contribution >= 0.6 is 11.3 Å². The first-order chi connectivity index (χ1) is 15.3. The number of alkyl halides is 3. The van der Waals surface area contributed by atoms with Crippen molar-refractivity contribution in [3.8, 4) is 0 Å². The number of carbonyl (C=O) groups excluding carboxylic acids is 2. The Bertz CT molecular complexity index is 1140. The minimum absolute atomic E-state index is 0.219. The molecular formula is C22H19F3N4O2S. The smallest absolute Gasteiger partial charge is 0.335 e. The maximum absolute atomic E-state index is 12.9. The second-order valence-corrected chi connectivity index (χ2v) is 8.53. The number of hydrogen-bond donors (Lipinski definition) is 3. The molecule has 2 aromatic carbocycles. The Morgan fingerprint density at radius 3 is 2.59 bits per heavy atom. The number of nitrogens with one attached hydrogen (secondary N) is 3. The Balaban J connectivity index is 1.37. The quantitative estimate of drug-likeness (QED) is 0.468. The van der Waals surface area contributed by atoms with Gasteiger partial charge in [-0.1, -0.05) is 24.3 Å². The molecular weight excluding hydrogens is 441 g/mol. The molecule has 0 spiro atoms. The number of rotatable bonds is 6. The van der Waals surface area contributed by atoms with Crippen LogP contribution in [0.2, 0.25) is 0 Å². The molecule has 1 saturated carbocycles. The highest BCUT2D eigenvalue weighted by molar-refractivity contribution is 7.15. The van der Waals surface area contributed by atoms with Crippen LogP contribution < -0.4 is 16.0 Å². The lowest BCUT2D eigenvalue weighted by atomic mass is 10.1. The van der Waals surface area contributed by atoms with E-state index in [0.29, 0.717) is 26.8 Å². The molecule has 10 heteroatoms. The molecule has 4 rings (SSSR count). The predicted molar refractivity (Wildman–Crippen MR) is 116 cm³/mol. The van der Waals surface area contributed by atoms with Crippen LogP contribution in [0.5, 0.6) is 0 Å². The van der Waals surface area contributed by atoms with Gasteiger partial charge in [-0.2, -0.15) is 13.2 Å². The van der Waals surface area contributed by atoms with E-state index < -0.39 is 17.6 Å². The Labute approximate surface area is 185 Å². The first-order valence-corrected chi connectivity index (χ1v) is 10.7. The summed E-state index contributed by atoms with van der Waals surface area (Å²) in [5.74, 6) is -0.406. The van der Waals surface area contributed by atoms with Crippen molar-refractivity contribution in [1.82, 2.24) is 10.3 Å². The van der Waals surface area contributed by atoms with Crippen molar-refractivity contribution in [3.05, 3.63) is 76.3 Å². The molecule has 32 heavy (non-hydrogen) atoms. The van der Waals surface area contributed by atoms with Gasteiger partial charge in [0, 0.05) is 34.8 Å². The second kappa shape index (κ2) is 8.99. The molecule has 166 valence electrons. The number of nitrogens with zero attached hydrogens (tertiary/aromatic N) is 1. The average molecular weight is 460 g/mol. The molecule has 1 aliphatic rings. The van der Waals surface area contributed by atoms with Crippen LogP contribution in [0.4, 0.5) is 28.8 Å². The van der Waals surface area contributed by atoms with Gasteiger partial charge in [-0.3, -0.25) is 10.1 Å². The fourth-order valence-corrected chi connectivity index (χ4v) is 3.84. The molecule has 0 atom stereocenters. The third kappa shape index (κ3) is 5.85. The van der Waals surface area contributed by atoms with Gasteiger partial charge in [0.05, 0.1) is 5.56 Å². The molecule has 0 saturated heterocycles. The first kappa shape index (κ1) is 21.8. The topological polar surface area (TPSA) is 83.1 Å². The molecule has 1 aliphatic carbocycles. The Hall–Kier alpha value is -3.40. The third-order valence-electron chi connectivity index (χ3n) is 4.70. The highest BCUT2D eigenvalue weighted by atomic mass is 32.1. The number of urea groups is 1. The van der Waals surface area contributed by atoms with Crippen LogP contribution in [0.15, 0.2) is 54.7 Å². The molecule has 1 heterocycles. The van der Waals surface area contributed by atoms with E-state index in [9.17, 15) is 22.8 Å². The van der Waals surface area contributed by atoms with Crippen molar-refractivity contribution in [2.24, 2.45) is 0 Å². The van der Waals surface area contributed by atoms with E-state index in [4.69, 9.17) is 0 Å². The monoisotopic (exact) mass is 460 g/mol. The minimum atomic E-state index is -4.40. The summed E-state index contributed by atoms with van der Waals surface area (Å²) in [5, 5.41) is 8.52. The molecule has 0 aliphatic heterocycles.